The van der Waals surface area contributed by atoms with E-state index in [-0.39, 0.29) is 11.5 Å². The number of halogens is 1. The number of carbonyl (C=O) groups excluding carboxylic acids is 1. The van der Waals surface area contributed by atoms with Gasteiger partial charge in [-0.1, -0.05) is 11.6 Å². The van der Waals surface area contributed by atoms with Crippen LogP contribution < -0.4 is 0 Å². The van der Waals surface area contributed by atoms with Crippen LogP contribution in [0.4, 0.5) is 5.69 Å². The molecule has 19 heavy (non-hydrogen) atoms. The minimum Gasteiger partial charge on any atom is -0.292 e. The first-order valence-electron chi connectivity index (χ1n) is 5.47. The molecular formula is C12H10ClN3O3. The molecule has 2 aromatic rings. The summed E-state index contributed by atoms with van der Waals surface area (Å²) < 4.78 is 1.27. The Balaban J connectivity index is 2.22. The number of ketones is 1. The molecule has 0 aliphatic heterocycles. The summed E-state index contributed by atoms with van der Waals surface area (Å²) >= 11 is 5.75. The second-order valence-electron chi connectivity index (χ2n) is 3.98. The molecule has 0 saturated heterocycles. The van der Waals surface area contributed by atoms with Crippen molar-refractivity contribution in [3.05, 3.63) is 57.4 Å². The zero-order chi connectivity index (χ0) is 14.0. The van der Waals surface area contributed by atoms with Gasteiger partial charge >= 0.3 is 5.69 Å². The number of hydrogen-bond donors (Lipinski definition) is 0. The normalized spacial score (nSPS) is 12.1. The van der Waals surface area contributed by atoms with Crippen LogP contribution in [0, 0.1) is 10.1 Å². The van der Waals surface area contributed by atoms with Crippen molar-refractivity contribution in [2.45, 2.75) is 13.0 Å². The predicted octanol–water partition coefficient (Wildman–Crippen LogP) is 2.89. The van der Waals surface area contributed by atoms with Crippen molar-refractivity contribution in [2.75, 3.05) is 0 Å². The van der Waals surface area contributed by atoms with Crippen molar-refractivity contribution in [3.8, 4) is 0 Å². The van der Waals surface area contributed by atoms with Crippen LogP contribution in [0.1, 0.15) is 23.3 Å². The van der Waals surface area contributed by atoms with Crippen LogP contribution in [0.15, 0.2) is 36.7 Å². The van der Waals surface area contributed by atoms with E-state index < -0.39 is 11.0 Å². The minimum atomic E-state index is -0.616. The average Bonchev–Trinajstić information content (AvgIpc) is 2.87. The van der Waals surface area contributed by atoms with E-state index in [1.165, 1.54) is 10.9 Å². The summed E-state index contributed by atoms with van der Waals surface area (Å²) in [4.78, 5) is 22.2. The van der Waals surface area contributed by atoms with Gasteiger partial charge in [0.15, 0.2) is 5.78 Å². The molecular weight excluding hydrogens is 270 g/mol. The van der Waals surface area contributed by atoms with E-state index in [2.05, 4.69) is 5.10 Å². The maximum absolute atomic E-state index is 12.2. The number of aromatic nitrogens is 2. The highest BCUT2D eigenvalue weighted by Crippen LogP contribution is 2.18. The van der Waals surface area contributed by atoms with Gasteiger partial charge in [-0.15, -0.1) is 0 Å². The van der Waals surface area contributed by atoms with Crippen molar-refractivity contribution in [1.82, 2.24) is 9.78 Å². The fourth-order valence-corrected chi connectivity index (χ4v) is 1.74. The minimum absolute atomic E-state index is 0.143. The number of hydrogen-bond acceptors (Lipinski definition) is 4. The van der Waals surface area contributed by atoms with Gasteiger partial charge < -0.3 is 0 Å². The van der Waals surface area contributed by atoms with E-state index in [1.54, 1.807) is 31.2 Å². The van der Waals surface area contributed by atoms with Gasteiger partial charge in [-0.2, -0.15) is 5.10 Å². The van der Waals surface area contributed by atoms with Crippen LogP contribution in [0.3, 0.4) is 0 Å². The zero-order valence-corrected chi connectivity index (χ0v) is 10.7. The topological polar surface area (TPSA) is 78.0 Å². The molecule has 0 bridgehead atoms. The number of carbonyl (C=O) groups is 1. The van der Waals surface area contributed by atoms with E-state index in [0.717, 1.165) is 6.20 Å². The van der Waals surface area contributed by atoms with Crippen molar-refractivity contribution in [3.63, 3.8) is 0 Å². The highest BCUT2D eigenvalue weighted by Gasteiger charge is 2.20. The lowest BCUT2D eigenvalue weighted by Crippen LogP contribution is -2.17. The van der Waals surface area contributed by atoms with Crippen molar-refractivity contribution in [1.29, 1.82) is 0 Å². The van der Waals surface area contributed by atoms with E-state index in [0.29, 0.717) is 10.6 Å². The van der Waals surface area contributed by atoms with Gasteiger partial charge in [0.25, 0.3) is 0 Å². The molecule has 0 N–H and O–H groups in total. The Bertz CT molecular complexity index is 621. The zero-order valence-electron chi connectivity index (χ0n) is 9.99. The Hall–Kier alpha value is -2.21. The van der Waals surface area contributed by atoms with Gasteiger partial charge in [-0.05, 0) is 31.2 Å². The molecule has 1 heterocycles. The maximum atomic E-state index is 12.2. The molecule has 0 amide bonds. The molecule has 1 aromatic carbocycles. The predicted molar refractivity (Wildman–Crippen MR) is 69.4 cm³/mol. The molecule has 0 spiro atoms. The van der Waals surface area contributed by atoms with Gasteiger partial charge in [0.1, 0.15) is 18.4 Å². The third kappa shape index (κ3) is 2.79. The second kappa shape index (κ2) is 5.19. The monoisotopic (exact) mass is 279 g/mol. The summed E-state index contributed by atoms with van der Waals surface area (Å²) in [7, 11) is 0. The highest BCUT2D eigenvalue weighted by molar-refractivity contribution is 6.30. The fourth-order valence-electron chi connectivity index (χ4n) is 1.61. The van der Waals surface area contributed by atoms with E-state index >= 15 is 0 Å². The van der Waals surface area contributed by atoms with Crippen LogP contribution in [-0.4, -0.2) is 20.5 Å². The Morgan fingerprint density at radius 3 is 2.58 bits per heavy atom. The standard InChI is InChI=1S/C12H10ClN3O3/c1-8(15-7-11(6-14-15)16(18)19)12(17)9-2-4-10(13)5-3-9/h2-8H,1H3. The first kappa shape index (κ1) is 13.2. The van der Waals surface area contributed by atoms with Crippen LogP contribution in [0.5, 0.6) is 0 Å². The van der Waals surface area contributed by atoms with E-state index in [4.69, 9.17) is 11.6 Å². The van der Waals surface area contributed by atoms with Crippen LogP contribution >= 0.6 is 11.6 Å². The van der Waals surface area contributed by atoms with Crippen LogP contribution in [0.2, 0.25) is 5.02 Å². The van der Waals surface area contributed by atoms with Gasteiger partial charge in [-0.3, -0.25) is 19.6 Å². The molecule has 98 valence electrons. The van der Waals surface area contributed by atoms with E-state index in [1.807, 2.05) is 0 Å². The quantitative estimate of drug-likeness (QED) is 0.490. The molecule has 0 aliphatic rings. The third-order valence-electron chi connectivity index (χ3n) is 2.70. The lowest BCUT2D eigenvalue weighted by atomic mass is 10.1. The van der Waals surface area contributed by atoms with Gasteiger partial charge in [0, 0.05) is 10.6 Å². The molecule has 0 fully saturated rings. The second-order valence-corrected chi connectivity index (χ2v) is 4.42. The van der Waals surface area contributed by atoms with Crippen molar-refractivity contribution < 1.29 is 9.72 Å². The van der Waals surface area contributed by atoms with Crippen molar-refractivity contribution >= 4 is 23.1 Å². The molecule has 0 radical (unpaired) electrons. The van der Waals surface area contributed by atoms with Gasteiger partial charge in [0.2, 0.25) is 0 Å². The number of rotatable bonds is 4. The first-order valence-corrected chi connectivity index (χ1v) is 5.85. The lowest BCUT2D eigenvalue weighted by molar-refractivity contribution is -0.385. The maximum Gasteiger partial charge on any atom is 0.307 e. The molecule has 0 aliphatic carbocycles. The fraction of sp³-hybridized carbons (Fsp3) is 0.167. The molecule has 7 heteroatoms. The molecule has 0 saturated carbocycles. The van der Waals surface area contributed by atoms with Crippen molar-refractivity contribution in [2.24, 2.45) is 0 Å². The molecule has 2 rings (SSSR count). The Morgan fingerprint density at radius 2 is 2.05 bits per heavy atom. The van der Waals surface area contributed by atoms with Gasteiger partial charge in [-0.25, -0.2) is 0 Å². The summed E-state index contributed by atoms with van der Waals surface area (Å²) in [5.41, 5.74) is 0.339. The molecule has 1 unspecified atom stereocenters. The van der Waals surface area contributed by atoms with E-state index in [9.17, 15) is 14.9 Å². The van der Waals surface area contributed by atoms with Crippen LogP contribution in [-0.2, 0) is 0 Å². The summed E-state index contributed by atoms with van der Waals surface area (Å²) in [6.45, 7) is 1.63. The summed E-state index contributed by atoms with van der Waals surface area (Å²) in [5, 5.41) is 14.9. The summed E-state index contributed by atoms with van der Waals surface area (Å²) in [6, 6.07) is 5.84. The highest BCUT2D eigenvalue weighted by atomic mass is 35.5. The Kier molecular flexibility index (Phi) is 3.62. The van der Waals surface area contributed by atoms with Crippen LogP contribution in [0.25, 0.3) is 0 Å². The molecule has 6 nitrogen and oxygen atoms in total. The first-order chi connectivity index (χ1) is 8.99. The lowest BCUT2D eigenvalue weighted by Gasteiger charge is -2.10. The van der Waals surface area contributed by atoms with Gasteiger partial charge in [0.05, 0.1) is 4.92 Å². The largest absolute Gasteiger partial charge is 0.307 e. The SMILES string of the molecule is CC(C(=O)c1ccc(Cl)cc1)n1cc([N+](=O)[O-])cn1. The smallest absolute Gasteiger partial charge is 0.292 e. The Labute approximate surface area is 113 Å². The number of benzene rings is 1. The average molecular weight is 280 g/mol. The molecule has 1 atom stereocenters. The summed E-state index contributed by atoms with van der Waals surface area (Å²) in [6.07, 6.45) is 2.35. The summed E-state index contributed by atoms with van der Waals surface area (Å²) in [5.74, 6) is -0.185. The third-order valence-corrected chi connectivity index (χ3v) is 2.96. The number of nitro groups is 1. The Morgan fingerprint density at radius 1 is 1.42 bits per heavy atom. The number of nitrogens with zero attached hydrogens (tertiary/aromatic N) is 3. The molecule has 1 aromatic heterocycles. The number of Topliss-reactive ketones (excluding diaryl/α,β-unsaturated/α-hetero) is 1.